The molecular formula is C18H19NO. The lowest BCUT2D eigenvalue weighted by atomic mass is 9.91. The Morgan fingerprint density at radius 3 is 2.85 bits per heavy atom. The summed E-state index contributed by atoms with van der Waals surface area (Å²) >= 11 is 0. The molecule has 1 aliphatic rings. The number of Topliss-reactive ketones (excluding diaryl/α,β-unsaturated/α-hetero) is 1. The first kappa shape index (κ1) is 13.0. The lowest BCUT2D eigenvalue weighted by molar-refractivity contribution is 0.0914. The van der Waals surface area contributed by atoms with Gasteiger partial charge in [-0.15, -0.1) is 0 Å². The molecular weight excluding hydrogens is 246 g/mol. The summed E-state index contributed by atoms with van der Waals surface area (Å²) in [5.41, 5.74) is 4.17. The molecule has 0 radical (unpaired) electrons. The number of ketones is 1. The molecule has 1 aromatic heterocycles. The Balaban J connectivity index is 1.86. The average Bonchev–Trinajstić information content (AvgIpc) is 2.60. The minimum absolute atomic E-state index is 0.0768. The molecule has 0 aliphatic heterocycles. The van der Waals surface area contributed by atoms with E-state index in [4.69, 9.17) is 0 Å². The first-order valence-electron chi connectivity index (χ1n) is 7.28. The van der Waals surface area contributed by atoms with Gasteiger partial charge < -0.3 is 0 Å². The number of fused-ring (bicyclic) bond motifs is 1. The van der Waals surface area contributed by atoms with Crippen LogP contribution in [0, 0.1) is 12.8 Å². The quantitative estimate of drug-likeness (QED) is 0.774. The van der Waals surface area contributed by atoms with Crippen molar-refractivity contribution in [1.82, 2.24) is 4.98 Å². The number of aryl methyl sites for hydroxylation is 2. The lowest BCUT2D eigenvalue weighted by Gasteiger charge is -2.13. The maximum atomic E-state index is 12.7. The molecule has 3 rings (SSSR count). The van der Waals surface area contributed by atoms with E-state index in [2.05, 4.69) is 11.1 Å². The fraction of sp³-hybridized carbons (Fsp3) is 0.333. The van der Waals surface area contributed by atoms with Gasteiger partial charge in [-0.2, -0.15) is 0 Å². The molecule has 2 nitrogen and oxygen atoms in total. The Hall–Kier alpha value is -1.96. The third-order valence-corrected chi connectivity index (χ3v) is 4.05. The van der Waals surface area contributed by atoms with E-state index in [0.29, 0.717) is 5.78 Å². The number of carbonyl (C=O) groups excluding carboxylic acids is 1. The van der Waals surface area contributed by atoms with Gasteiger partial charge in [-0.05, 0) is 50.3 Å². The zero-order valence-electron chi connectivity index (χ0n) is 11.8. The number of nitrogens with zero attached hydrogens (tertiary/aromatic N) is 1. The van der Waals surface area contributed by atoms with Crippen LogP contribution >= 0.6 is 0 Å². The lowest BCUT2D eigenvalue weighted by Crippen LogP contribution is -2.17. The molecule has 2 aromatic rings. The van der Waals surface area contributed by atoms with Crippen LogP contribution in [0.15, 0.2) is 42.5 Å². The molecule has 1 atom stereocenters. The number of rotatable bonds is 2. The second kappa shape index (κ2) is 5.58. The molecule has 0 saturated heterocycles. The number of carbonyl (C=O) groups is 1. The summed E-state index contributed by atoms with van der Waals surface area (Å²) in [6, 6.07) is 14.1. The smallest absolute Gasteiger partial charge is 0.166 e. The monoisotopic (exact) mass is 265 g/mol. The molecule has 20 heavy (non-hydrogen) atoms. The Labute approximate surface area is 119 Å². The van der Waals surface area contributed by atoms with Crippen molar-refractivity contribution in [3.8, 4) is 0 Å². The number of pyridine rings is 1. The first-order chi connectivity index (χ1) is 9.74. The van der Waals surface area contributed by atoms with Crippen LogP contribution in [0.1, 0.15) is 40.2 Å². The zero-order chi connectivity index (χ0) is 13.9. The van der Waals surface area contributed by atoms with Gasteiger partial charge >= 0.3 is 0 Å². The van der Waals surface area contributed by atoms with Crippen molar-refractivity contribution in [2.75, 3.05) is 0 Å². The van der Waals surface area contributed by atoms with Crippen molar-refractivity contribution in [2.45, 2.75) is 32.6 Å². The van der Waals surface area contributed by atoms with Crippen LogP contribution in [0.2, 0.25) is 0 Å². The van der Waals surface area contributed by atoms with Crippen LogP contribution in [0.3, 0.4) is 0 Å². The van der Waals surface area contributed by atoms with Gasteiger partial charge in [-0.1, -0.05) is 30.3 Å². The Kier molecular flexibility index (Phi) is 3.64. The van der Waals surface area contributed by atoms with Gasteiger partial charge in [0, 0.05) is 22.9 Å². The van der Waals surface area contributed by atoms with Crippen LogP contribution < -0.4 is 0 Å². The van der Waals surface area contributed by atoms with Crippen molar-refractivity contribution in [3.63, 3.8) is 0 Å². The second-order valence-corrected chi connectivity index (χ2v) is 5.58. The largest absolute Gasteiger partial charge is 0.294 e. The highest BCUT2D eigenvalue weighted by Crippen LogP contribution is 2.26. The molecule has 1 aliphatic carbocycles. The van der Waals surface area contributed by atoms with Crippen molar-refractivity contribution in [3.05, 3.63) is 65.0 Å². The Morgan fingerprint density at radius 1 is 1.15 bits per heavy atom. The minimum Gasteiger partial charge on any atom is -0.294 e. The number of benzene rings is 1. The third kappa shape index (κ3) is 2.64. The van der Waals surface area contributed by atoms with Crippen molar-refractivity contribution in [2.24, 2.45) is 5.92 Å². The molecule has 0 fully saturated rings. The molecule has 0 spiro atoms. The molecule has 1 heterocycles. The first-order valence-corrected chi connectivity index (χ1v) is 7.28. The van der Waals surface area contributed by atoms with Gasteiger partial charge in [-0.25, -0.2) is 0 Å². The molecule has 2 heteroatoms. The van der Waals surface area contributed by atoms with E-state index in [9.17, 15) is 4.79 Å². The summed E-state index contributed by atoms with van der Waals surface area (Å²) in [6.07, 6.45) is 3.82. The van der Waals surface area contributed by atoms with Gasteiger partial charge in [-0.3, -0.25) is 9.78 Å². The molecule has 102 valence electrons. The second-order valence-electron chi connectivity index (χ2n) is 5.58. The number of hydrogen-bond donors (Lipinski definition) is 0. The number of aromatic nitrogens is 1. The summed E-state index contributed by atoms with van der Waals surface area (Å²) in [6.45, 7) is 1.99. The predicted molar refractivity (Wildman–Crippen MR) is 79.9 cm³/mol. The molecule has 0 N–H and O–H groups in total. The predicted octanol–water partition coefficient (Wildman–Crippen LogP) is 3.77. The van der Waals surface area contributed by atoms with Gasteiger partial charge in [0.2, 0.25) is 0 Å². The van der Waals surface area contributed by atoms with Gasteiger partial charge in [0.25, 0.3) is 0 Å². The maximum Gasteiger partial charge on any atom is 0.166 e. The fourth-order valence-electron chi connectivity index (χ4n) is 3.03. The Morgan fingerprint density at radius 2 is 2.00 bits per heavy atom. The highest BCUT2D eigenvalue weighted by atomic mass is 16.1. The molecule has 1 aromatic carbocycles. The summed E-state index contributed by atoms with van der Waals surface area (Å²) in [4.78, 5) is 17.2. The van der Waals surface area contributed by atoms with Crippen molar-refractivity contribution in [1.29, 1.82) is 0 Å². The minimum atomic E-state index is 0.0768. The van der Waals surface area contributed by atoms with Crippen LogP contribution in [0.5, 0.6) is 0 Å². The van der Waals surface area contributed by atoms with Crippen molar-refractivity contribution >= 4 is 5.78 Å². The SMILES string of the molecule is Cc1cccc(CC2CCCc3ccccc3C2=O)n1. The van der Waals surface area contributed by atoms with E-state index < -0.39 is 0 Å². The van der Waals surface area contributed by atoms with E-state index in [1.165, 1.54) is 5.56 Å². The fourth-order valence-corrected chi connectivity index (χ4v) is 3.03. The highest BCUT2D eigenvalue weighted by molar-refractivity contribution is 5.99. The summed E-state index contributed by atoms with van der Waals surface area (Å²) in [5, 5.41) is 0. The van der Waals surface area contributed by atoms with E-state index in [-0.39, 0.29) is 5.92 Å². The molecule has 0 saturated carbocycles. The van der Waals surface area contributed by atoms with Crippen molar-refractivity contribution < 1.29 is 4.79 Å². The average molecular weight is 265 g/mol. The third-order valence-electron chi connectivity index (χ3n) is 4.05. The summed E-state index contributed by atoms with van der Waals surface area (Å²) in [5.74, 6) is 0.370. The molecule has 0 bridgehead atoms. The maximum absolute atomic E-state index is 12.7. The standard InChI is InChI=1S/C18H19NO/c1-13-6-4-10-16(19-13)12-15-9-5-8-14-7-2-3-11-17(14)18(15)20/h2-4,6-7,10-11,15H,5,8-9,12H2,1H3. The van der Waals surface area contributed by atoms with Crippen LogP contribution in [0.4, 0.5) is 0 Å². The van der Waals surface area contributed by atoms with Gasteiger partial charge in [0.15, 0.2) is 5.78 Å². The van der Waals surface area contributed by atoms with E-state index >= 15 is 0 Å². The van der Waals surface area contributed by atoms with E-state index in [0.717, 1.165) is 42.6 Å². The van der Waals surface area contributed by atoms with Crippen LogP contribution in [-0.4, -0.2) is 10.8 Å². The topological polar surface area (TPSA) is 30.0 Å². The number of hydrogen-bond acceptors (Lipinski definition) is 2. The highest BCUT2D eigenvalue weighted by Gasteiger charge is 2.25. The van der Waals surface area contributed by atoms with E-state index in [1.54, 1.807) is 0 Å². The normalized spacial score (nSPS) is 18.4. The zero-order valence-corrected chi connectivity index (χ0v) is 11.8. The molecule has 1 unspecified atom stereocenters. The van der Waals surface area contributed by atoms with Crippen LogP contribution in [0.25, 0.3) is 0 Å². The summed E-state index contributed by atoms with van der Waals surface area (Å²) < 4.78 is 0. The van der Waals surface area contributed by atoms with Gasteiger partial charge in [0.1, 0.15) is 0 Å². The molecule has 0 amide bonds. The van der Waals surface area contributed by atoms with Gasteiger partial charge in [0.05, 0.1) is 0 Å². The Bertz CT molecular complexity index is 633. The summed E-state index contributed by atoms with van der Waals surface area (Å²) in [7, 11) is 0. The van der Waals surface area contributed by atoms with E-state index in [1.807, 2.05) is 43.3 Å². The van der Waals surface area contributed by atoms with Crippen LogP contribution in [-0.2, 0) is 12.8 Å².